The van der Waals surface area contributed by atoms with Crippen LogP contribution in [0, 0.1) is 0 Å². The average Bonchev–Trinajstić information content (AvgIpc) is 2.21. The molecule has 0 aliphatic rings. The summed E-state index contributed by atoms with van der Waals surface area (Å²) in [6.45, 7) is 6.85. The van der Waals surface area contributed by atoms with E-state index in [0.29, 0.717) is 0 Å². The molecule has 14 heavy (non-hydrogen) atoms. The minimum atomic E-state index is -2.22. The van der Waals surface area contributed by atoms with Crippen LogP contribution in [0.1, 0.15) is 59.3 Å². The van der Waals surface area contributed by atoms with Gasteiger partial charge in [0.1, 0.15) is 0 Å². The summed E-state index contributed by atoms with van der Waals surface area (Å²) in [5.74, 6) is 0. The van der Waals surface area contributed by atoms with Crippen molar-refractivity contribution in [2.75, 3.05) is 0 Å². The van der Waals surface area contributed by atoms with Crippen LogP contribution in [-0.4, -0.2) is 0 Å². The zero-order chi connectivity index (χ0) is 10.9. The van der Waals surface area contributed by atoms with Gasteiger partial charge < -0.3 is 0 Å². The Labute approximate surface area is 98.7 Å². The van der Waals surface area contributed by atoms with E-state index < -0.39 is 18.8 Å². The number of unbranched alkanes of at least 4 members (excludes halogenated alkanes) is 3. The molecule has 0 heterocycles. The molecule has 0 aromatic heterocycles. The molecule has 0 nitrogen and oxygen atoms in total. The van der Waals surface area contributed by atoms with Crippen molar-refractivity contribution < 1.29 is 18.8 Å². The summed E-state index contributed by atoms with van der Waals surface area (Å²) in [6, 6.07) is 0. The van der Waals surface area contributed by atoms with Crippen LogP contribution in [0.3, 0.4) is 0 Å². The number of hydrogen-bond acceptors (Lipinski definition) is 0. The van der Waals surface area contributed by atoms with Crippen molar-refractivity contribution in [1.82, 2.24) is 0 Å². The Morgan fingerprint density at radius 2 is 1.00 bits per heavy atom. The molecule has 0 spiro atoms. The monoisotopic (exact) mass is 386 g/mol. The summed E-state index contributed by atoms with van der Waals surface area (Å²) in [5.41, 5.74) is 0. The predicted octanol–water partition coefficient (Wildman–Crippen LogP) is 5.95. The molecule has 86 valence electrons. The molecule has 0 N–H and O–H groups in total. The van der Waals surface area contributed by atoms with Gasteiger partial charge in [-0.2, -0.15) is 0 Å². The van der Waals surface area contributed by atoms with Gasteiger partial charge in [-0.15, -0.1) is 0 Å². The van der Waals surface area contributed by atoms with Crippen LogP contribution >= 0.6 is 8.58 Å². The molecule has 0 unspecified atom stereocenters. The van der Waals surface area contributed by atoms with Gasteiger partial charge in [0.05, 0.1) is 0 Å². The van der Waals surface area contributed by atoms with E-state index in [1.54, 1.807) is 0 Å². The van der Waals surface area contributed by atoms with Crippen molar-refractivity contribution in [2.45, 2.75) is 71.8 Å². The number of hydrogen-bond donors (Lipinski definition) is 0. The first kappa shape index (κ1) is 15.2. The van der Waals surface area contributed by atoms with E-state index >= 15 is 0 Å². The van der Waals surface area contributed by atoms with Gasteiger partial charge >= 0.3 is 99.2 Å². The fourth-order valence-electron chi connectivity index (χ4n) is 1.86. The molecule has 0 aliphatic heterocycles. The second kappa shape index (κ2) is 9.39. The quantitative estimate of drug-likeness (QED) is 0.431. The normalized spacial score (nSPS) is 12.0. The molecule has 0 aromatic carbocycles. The Bertz CT molecular complexity index is 104. The predicted molar refractivity (Wildman–Crippen MR) is 65.0 cm³/mol. The summed E-state index contributed by atoms with van der Waals surface area (Å²) < 4.78 is 4.31. The molecule has 0 bridgehead atoms. The summed E-state index contributed by atoms with van der Waals surface area (Å²) in [5, 5.41) is 0. The maximum atomic E-state index is 6.90. The molecular weight excluding hydrogens is 358 g/mol. The zero-order valence-electron chi connectivity index (χ0n) is 10.2. The van der Waals surface area contributed by atoms with Crippen LogP contribution < -0.4 is 0 Å². The second-order valence-electron chi connectivity index (χ2n) is 4.46. The van der Waals surface area contributed by atoms with E-state index in [1.807, 2.05) is 0 Å². The van der Waals surface area contributed by atoms with Crippen LogP contribution in [0.4, 0.5) is 0 Å². The Hall–Kier alpha value is 1.16. The van der Waals surface area contributed by atoms with Gasteiger partial charge in [0.15, 0.2) is 0 Å². The van der Waals surface area contributed by atoms with Gasteiger partial charge in [-0.3, -0.25) is 0 Å². The number of rotatable bonds is 9. The van der Waals surface area contributed by atoms with E-state index in [4.69, 9.17) is 8.58 Å². The molecule has 0 atom stereocenters. The topological polar surface area (TPSA) is 0 Å². The van der Waals surface area contributed by atoms with Crippen molar-refractivity contribution in [1.29, 1.82) is 0 Å². The van der Waals surface area contributed by atoms with Crippen LogP contribution in [0.15, 0.2) is 0 Å². The molecule has 2 heteroatoms. The SMILES string of the molecule is CCC[CH2][Hf]([Cl])([CH2]CCC)[CH2]CCC. The molecule has 0 radical (unpaired) electrons. The molecule has 0 saturated carbocycles. The van der Waals surface area contributed by atoms with E-state index in [-0.39, 0.29) is 0 Å². The standard InChI is InChI=1S/3C4H9.ClH.Hf/c3*1-3-4-2;;/h3*1,3-4H2,2H3;1H;/q;;;;+1/p-1. The Morgan fingerprint density at radius 1 is 0.714 bits per heavy atom. The van der Waals surface area contributed by atoms with Crippen molar-refractivity contribution in [3.8, 4) is 0 Å². The first-order chi connectivity index (χ1) is 6.68. The molecular formula is C12H27ClHf. The second-order valence-corrected chi connectivity index (χ2v) is 24.7. The molecule has 0 aliphatic carbocycles. The summed E-state index contributed by atoms with van der Waals surface area (Å²) >= 11 is -2.22. The molecule has 0 amide bonds. The van der Waals surface area contributed by atoms with Gasteiger partial charge in [-0.05, 0) is 0 Å². The third-order valence-electron chi connectivity index (χ3n) is 2.94. The van der Waals surface area contributed by atoms with E-state index in [1.165, 1.54) is 51.1 Å². The fourth-order valence-corrected chi connectivity index (χ4v) is 18.5. The fraction of sp³-hybridized carbons (Fsp3) is 1.00. The first-order valence-corrected chi connectivity index (χ1v) is 18.4. The van der Waals surface area contributed by atoms with Gasteiger partial charge in [-0.1, -0.05) is 0 Å². The summed E-state index contributed by atoms with van der Waals surface area (Å²) in [7, 11) is 6.90. The van der Waals surface area contributed by atoms with E-state index in [2.05, 4.69) is 20.8 Å². The average molecular weight is 385 g/mol. The van der Waals surface area contributed by atoms with Crippen LogP contribution in [-0.2, 0) is 18.8 Å². The Kier molecular flexibility index (Phi) is 10.2. The van der Waals surface area contributed by atoms with E-state index in [0.717, 1.165) is 0 Å². The summed E-state index contributed by atoms with van der Waals surface area (Å²) in [6.07, 6.45) is 8.14. The van der Waals surface area contributed by atoms with Crippen molar-refractivity contribution >= 4 is 8.58 Å². The van der Waals surface area contributed by atoms with Gasteiger partial charge in [0.2, 0.25) is 0 Å². The van der Waals surface area contributed by atoms with Crippen molar-refractivity contribution in [3.63, 3.8) is 0 Å². The Balaban J connectivity index is 3.89. The van der Waals surface area contributed by atoms with Gasteiger partial charge in [-0.25, -0.2) is 0 Å². The summed E-state index contributed by atoms with van der Waals surface area (Å²) in [4.78, 5) is 0. The zero-order valence-corrected chi connectivity index (χ0v) is 14.6. The molecule has 0 saturated heterocycles. The molecule has 0 rings (SSSR count). The van der Waals surface area contributed by atoms with Gasteiger partial charge in [0, 0.05) is 0 Å². The van der Waals surface area contributed by atoms with Crippen LogP contribution in [0.25, 0.3) is 0 Å². The molecule has 0 aromatic rings. The maximum absolute atomic E-state index is 6.90. The first-order valence-electron chi connectivity index (χ1n) is 6.37. The van der Waals surface area contributed by atoms with Crippen LogP contribution in [0.2, 0.25) is 12.5 Å². The van der Waals surface area contributed by atoms with E-state index in [9.17, 15) is 0 Å². The van der Waals surface area contributed by atoms with Gasteiger partial charge in [0.25, 0.3) is 0 Å². The number of halogens is 1. The minimum absolute atomic E-state index is 1.33. The third kappa shape index (κ3) is 7.45. The molecule has 0 fully saturated rings. The van der Waals surface area contributed by atoms with Crippen molar-refractivity contribution in [2.24, 2.45) is 0 Å². The Morgan fingerprint density at radius 3 is 1.21 bits per heavy atom. The third-order valence-corrected chi connectivity index (χ3v) is 21.0. The van der Waals surface area contributed by atoms with Crippen LogP contribution in [0.5, 0.6) is 0 Å². The van der Waals surface area contributed by atoms with Crippen molar-refractivity contribution in [3.05, 3.63) is 0 Å².